The molecule has 0 amide bonds. The molecular weight excluding hydrogens is 198 g/mol. The molecule has 0 aromatic carbocycles. The smallest absolute Gasteiger partial charge is 0.328 e. The predicted molar refractivity (Wildman–Crippen MR) is 57.9 cm³/mol. The van der Waals surface area contributed by atoms with Gasteiger partial charge in [0.05, 0.1) is 0 Å². The van der Waals surface area contributed by atoms with Gasteiger partial charge in [-0.3, -0.25) is 16.3 Å². The first-order valence-electron chi connectivity index (χ1n) is 4.80. The van der Waals surface area contributed by atoms with Crippen LogP contribution in [0.3, 0.4) is 0 Å². The van der Waals surface area contributed by atoms with Gasteiger partial charge in [-0.15, -0.1) is 0 Å². The van der Waals surface area contributed by atoms with E-state index in [1.807, 2.05) is 0 Å². The van der Waals surface area contributed by atoms with Gasteiger partial charge in [0.25, 0.3) is 0 Å². The molecule has 0 aliphatic heterocycles. The van der Waals surface area contributed by atoms with Gasteiger partial charge in [0.2, 0.25) is 0 Å². The second-order valence-electron chi connectivity index (χ2n) is 3.12. The molecule has 88 valence electrons. The molecule has 15 heavy (non-hydrogen) atoms. The molecule has 0 heterocycles. The van der Waals surface area contributed by atoms with E-state index in [4.69, 9.17) is 16.7 Å². The standard InChI is InChI=1S/C8H19N5O2/c1-6(12-13-10)11-7(8(14)15)4-2-3-5-9/h7,13H,2-5,9-10H2,1H3,(H,11,12)(H,14,15). The molecule has 7 N–H and O–H groups in total. The van der Waals surface area contributed by atoms with Gasteiger partial charge in [0.15, 0.2) is 0 Å². The Kier molecular flexibility index (Phi) is 7.51. The molecule has 0 aliphatic carbocycles. The summed E-state index contributed by atoms with van der Waals surface area (Å²) in [5.41, 5.74) is 10.0. The molecule has 0 aromatic heterocycles. The van der Waals surface area contributed by atoms with Crippen molar-refractivity contribution in [2.45, 2.75) is 32.2 Å². The Morgan fingerprint density at radius 2 is 2.20 bits per heavy atom. The molecule has 0 spiro atoms. The maximum Gasteiger partial charge on any atom is 0.328 e. The van der Waals surface area contributed by atoms with Gasteiger partial charge < -0.3 is 10.8 Å². The van der Waals surface area contributed by atoms with Crippen LogP contribution in [0.1, 0.15) is 26.2 Å². The molecule has 0 saturated carbocycles. The maximum absolute atomic E-state index is 10.8. The van der Waals surface area contributed by atoms with Gasteiger partial charge in [0, 0.05) is 0 Å². The first-order chi connectivity index (χ1) is 7.11. The number of nitrogens with one attached hydrogen (secondary N) is 2. The van der Waals surface area contributed by atoms with E-state index >= 15 is 0 Å². The molecule has 0 bridgehead atoms. The lowest BCUT2D eigenvalue weighted by molar-refractivity contribution is -0.138. The fourth-order valence-corrected chi connectivity index (χ4v) is 1.10. The second kappa shape index (κ2) is 8.16. The van der Waals surface area contributed by atoms with Crippen LogP contribution in [0.25, 0.3) is 0 Å². The molecule has 0 aliphatic rings. The van der Waals surface area contributed by atoms with Crippen molar-refractivity contribution in [3.05, 3.63) is 0 Å². The quantitative estimate of drug-likeness (QED) is 0.122. The van der Waals surface area contributed by atoms with Gasteiger partial charge in [-0.1, -0.05) is 0 Å². The number of rotatable bonds is 7. The van der Waals surface area contributed by atoms with Crippen molar-refractivity contribution < 1.29 is 9.90 Å². The molecule has 0 fully saturated rings. The largest absolute Gasteiger partial charge is 0.480 e. The predicted octanol–water partition coefficient (Wildman–Crippen LogP) is -1.05. The molecular formula is C8H19N5O2. The summed E-state index contributed by atoms with van der Waals surface area (Å²) in [4.78, 5) is 14.8. The number of nitrogens with zero attached hydrogens (tertiary/aromatic N) is 1. The fourth-order valence-electron chi connectivity index (χ4n) is 1.10. The lowest BCUT2D eigenvalue weighted by atomic mass is 10.1. The molecule has 7 heteroatoms. The third-order valence-corrected chi connectivity index (χ3v) is 1.82. The van der Waals surface area contributed by atoms with Crippen LogP contribution in [0.2, 0.25) is 0 Å². The second-order valence-corrected chi connectivity index (χ2v) is 3.12. The van der Waals surface area contributed by atoms with Crippen LogP contribution in [0, 0.1) is 0 Å². The summed E-state index contributed by atoms with van der Waals surface area (Å²) in [6.45, 7) is 2.20. The number of amidine groups is 1. The van der Waals surface area contributed by atoms with E-state index in [-0.39, 0.29) is 0 Å². The highest BCUT2D eigenvalue weighted by molar-refractivity contribution is 5.83. The summed E-state index contributed by atoms with van der Waals surface area (Å²) >= 11 is 0. The normalized spacial score (nSPS) is 13.7. The summed E-state index contributed by atoms with van der Waals surface area (Å²) in [6.07, 6.45) is 2.04. The monoisotopic (exact) mass is 217 g/mol. The topological polar surface area (TPSA) is 126 Å². The van der Waals surface area contributed by atoms with Crippen molar-refractivity contribution in [1.29, 1.82) is 0 Å². The van der Waals surface area contributed by atoms with E-state index < -0.39 is 12.0 Å². The molecule has 1 atom stereocenters. The van der Waals surface area contributed by atoms with Crippen LogP contribution >= 0.6 is 0 Å². The minimum absolute atomic E-state index is 0.442. The van der Waals surface area contributed by atoms with Crippen molar-refractivity contribution in [2.24, 2.45) is 16.6 Å². The van der Waals surface area contributed by atoms with E-state index in [2.05, 4.69) is 16.0 Å². The van der Waals surface area contributed by atoms with Gasteiger partial charge >= 0.3 is 5.97 Å². The van der Waals surface area contributed by atoms with Crippen molar-refractivity contribution >= 4 is 11.8 Å². The van der Waals surface area contributed by atoms with Crippen LogP contribution in [0.4, 0.5) is 0 Å². The summed E-state index contributed by atoms with van der Waals surface area (Å²) in [7, 11) is 0. The molecule has 0 aromatic rings. The third kappa shape index (κ3) is 6.83. The third-order valence-electron chi connectivity index (χ3n) is 1.82. The van der Waals surface area contributed by atoms with E-state index in [1.54, 1.807) is 6.92 Å². The highest BCUT2D eigenvalue weighted by atomic mass is 16.4. The Bertz CT molecular complexity index is 219. The number of carboxylic acids is 1. The Morgan fingerprint density at radius 3 is 2.67 bits per heavy atom. The zero-order chi connectivity index (χ0) is 11.7. The van der Waals surface area contributed by atoms with Crippen molar-refractivity contribution in [3.8, 4) is 0 Å². The lowest BCUT2D eigenvalue weighted by Gasteiger charge is -2.09. The highest BCUT2D eigenvalue weighted by Crippen LogP contribution is 2.04. The van der Waals surface area contributed by atoms with Gasteiger partial charge in [-0.25, -0.2) is 4.79 Å². The van der Waals surface area contributed by atoms with Crippen LogP contribution in [-0.4, -0.2) is 29.5 Å². The number of aliphatic imine (C=N–C) groups is 1. The molecule has 0 saturated heterocycles. The van der Waals surface area contributed by atoms with Crippen molar-refractivity contribution in [1.82, 2.24) is 11.0 Å². The number of aliphatic carboxylic acids is 1. The van der Waals surface area contributed by atoms with E-state index in [1.165, 1.54) is 0 Å². The lowest BCUT2D eigenvalue weighted by Crippen LogP contribution is -2.41. The van der Waals surface area contributed by atoms with E-state index in [0.29, 0.717) is 18.8 Å². The number of unbranched alkanes of at least 4 members (excludes halogenated alkanes) is 1. The Hall–Kier alpha value is -1.18. The minimum Gasteiger partial charge on any atom is -0.480 e. The number of hydrogen-bond acceptors (Lipinski definition) is 5. The summed E-state index contributed by atoms with van der Waals surface area (Å²) < 4.78 is 0. The number of carbonyl (C=O) groups is 1. The van der Waals surface area contributed by atoms with Gasteiger partial charge in [-0.2, -0.15) is 5.53 Å². The SMILES string of the molecule is CC(=NC(CCCCN)C(=O)O)NNN. The highest BCUT2D eigenvalue weighted by Gasteiger charge is 2.15. The number of nitrogens with two attached hydrogens (primary N) is 2. The van der Waals surface area contributed by atoms with Crippen molar-refractivity contribution in [3.63, 3.8) is 0 Å². The zero-order valence-corrected chi connectivity index (χ0v) is 8.86. The van der Waals surface area contributed by atoms with Crippen LogP contribution < -0.4 is 22.5 Å². The molecule has 7 nitrogen and oxygen atoms in total. The Morgan fingerprint density at radius 1 is 1.53 bits per heavy atom. The maximum atomic E-state index is 10.8. The first kappa shape index (κ1) is 13.8. The average molecular weight is 217 g/mol. The summed E-state index contributed by atoms with van der Waals surface area (Å²) in [5, 5.41) is 8.87. The minimum atomic E-state index is -0.940. The average Bonchev–Trinajstić information content (AvgIpc) is 2.16. The fraction of sp³-hybridized carbons (Fsp3) is 0.750. The Balaban J connectivity index is 4.14. The summed E-state index contributed by atoms with van der Waals surface area (Å²) in [5.74, 6) is 4.50. The van der Waals surface area contributed by atoms with Crippen LogP contribution in [0.15, 0.2) is 4.99 Å². The zero-order valence-electron chi connectivity index (χ0n) is 8.86. The van der Waals surface area contributed by atoms with Crippen LogP contribution in [-0.2, 0) is 4.79 Å². The van der Waals surface area contributed by atoms with Crippen molar-refractivity contribution in [2.75, 3.05) is 6.54 Å². The number of carboxylic acid groups (broad SMARTS) is 1. The molecule has 0 radical (unpaired) electrons. The number of hydrazine groups is 2. The first-order valence-corrected chi connectivity index (χ1v) is 4.80. The van der Waals surface area contributed by atoms with E-state index in [9.17, 15) is 4.79 Å². The van der Waals surface area contributed by atoms with E-state index in [0.717, 1.165) is 12.8 Å². The molecule has 0 rings (SSSR count). The summed E-state index contributed by atoms with van der Waals surface area (Å²) in [6, 6.07) is -0.739. The van der Waals surface area contributed by atoms with Crippen LogP contribution in [0.5, 0.6) is 0 Å². The van der Waals surface area contributed by atoms with Gasteiger partial charge in [0.1, 0.15) is 11.9 Å². The Labute approximate surface area is 88.9 Å². The molecule has 1 unspecified atom stereocenters. The van der Waals surface area contributed by atoms with Gasteiger partial charge in [-0.05, 0) is 32.7 Å². The number of hydrogen-bond donors (Lipinski definition) is 5.